The van der Waals surface area contributed by atoms with E-state index >= 15 is 0 Å². The van der Waals surface area contributed by atoms with Gasteiger partial charge in [-0.25, -0.2) is 4.42 Å². The molecule has 187 valence electrons. The van der Waals surface area contributed by atoms with Crippen LogP contribution < -0.4 is 10.6 Å². The van der Waals surface area contributed by atoms with E-state index in [0.717, 1.165) is 13.1 Å². The van der Waals surface area contributed by atoms with Crippen molar-refractivity contribution >= 4 is 33.3 Å². The Morgan fingerprint density at radius 2 is 1.30 bits per heavy atom. The minimum absolute atomic E-state index is 0.411. The van der Waals surface area contributed by atoms with Crippen LogP contribution in [0.2, 0.25) is 0 Å². The Balaban J connectivity index is 0.00000265. The first kappa shape index (κ1) is 30.1. The Labute approximate surface area is 220 Å². The molecule has 0 aliphatic heterocycles. The van der Waals surface area contributed by atoms with Gasteiger partial charge >= 0.3 is 25.0 Å². The number of anilines is 2. The average molecular weight is 537 g/mol. The van der Waals surface area contributed by atoms with Crippen molar-refractivity contribution in [1.82, 2.24) is 4.42 Å². The Bertz CT molecular complexity index is 786. The molecule has 0 aliphatic carbocycles. The van der Waals surface area contributed by atoms with Gasteiger partial charge in [0.1, 0.15) is 0 Å². The molecule has 0 saturated carbocycles. The van der Waals surface area contributed by atoms with E-state index in [1.165, 1.54) is 33.6 Å². The number of halogens is 2. The van der Waals surface area contributed by atoms with Gasteiger partial charge in [-0.2, -0.15) is 18.2 Å². The first-order valence-corrected chi connectivity index (χ1v) is 13.6. The zero-order valence-corrected chi connectivity index (χ0v) is 23.9. The van der Waals surface area contributed by atoms with Crippen LogP contribution in [0, 0.1) is 6.07 Å². The average Bonchev–Trinajstić information content (AvgIpc) is 2.78. The number of hydrogen-bond donors (Lipinski definition) is 2. The van der Waals surface area contributed by atoms with Gasteiger partial charge in [-0.15, -0.1) is 11.1 Å². The number of hydrogen-bond acceptors (Lipinski definition) is 3. The number of benzene rings is 2. The van der Waals surface area contributed by atoms with E-state index in [9.17, 15) is 0 Å². The molecule has 2 N–H and O–H groups in total. The molecule has 6 heteroatoms. The van der Waals surface area contributed by atoms with Crippen LogP contribution >= 0.6 is 21.9 Å². The molecule has 2 aromatic rings. The zero-order valence-electron chi connectivity index (χ0n) is 21.4. The summed E-state index contributed by atoms with van der Waals surface area (Å²) in [5.74, 6) is 1.82. The minimum atomic E-state index is 0.411. The number of para-hydroxylation sites is 1. The summed E-state index contributed by atoms with van der Waals surface area (Å²) in [6, 6.07) is 14.2. The van der Waals surface area contributed by atoms with Crippen LogP contribution in [0.1, 0.15) is 101 Å². The molecule has 0 heterocycles. The van der Waals surface area contributed by atoms with Crippen molar-refractivity contribution < 1.29 is 14.8 Å². The molecule has 3 nitrogen and oxygen atoms in total. The van der Waals surface area contributed by atoms with Crippen LogP contribution in [-0.2, 0) is 14.8 Å². The fourth-order valence-corrected chi connectivity index (χ4v) is 4.11. The van der Waals surface area contributed by atoms with Crippen molar-refractivity contribution in [1.29, 1.82) is 0 Å². The molecule has 0 atom stereocenters. The van der Waals surface area contributed by atoms with E-state index in [2.05, 4.69) is 121 Å². The maximum absolute atomic E-state index is 6.59. The fourth-order valence-electron chi connectivity index (χ4n) is 3.97. The summed E-state index contributed by atoms with van der Waals surface area (Å²) in [6.07, 6.45) is 0. The molecule has 0 unspecified atom stereocenters. The molecule has 0 radical (unpaired) electrons. The molecule has 2 rings (SSSR count). The zero-order chi connectivity index (χ0) is 25.1. The summed E-state index contributed by atoms with van der Waals surface area (Å²) in [7, 11) is 4.33. The van der Waals surface area contributed by atoms with Crippen LogP contribution in [0.25, 0.3) is 0 Å². The third-order valence-corrected chi connectivity index (χ3v) is 6.00. The summed E-state index contributed by atoms with van der Waals surface area (Å²) in [5.41, 5.74) is 7.73. The van der Waals surface area contributed by atoms with Crippen LogP contribution in [0.15, 0.2) is 30.3 Å². The van der Waals surface area contributed by atoms with Crippen LogP contribution in [-0.4, -0.2) is 24.2 Å². The Hall–Kier alpha value is -0.914. The molecule has 0 spiro atoms. The van der Waals surface area contributed by atoms with Crippen molar-refractivity contribution in [2.24, 2.45) is 0 Å². The molecular weight excluding hydrogens is 496 g/mol. The summed E-state index contributed by atoms with van der Waals surface area (Å²) in [6.45, 7) is 20.0. The standard InChI is InChI=1S/C27H41ClN3.ClH.Co/c1-18(2)22-11-9-12-23(19(3)4)26(22)29-15-16-31(28)17-30-27-24(20(5)6)13-10-14-25(27)21(7)8;;/h9-13,18-21,29-30H,15-17H2,1-8H3;1H;/q-1;;+2/p-1. The van der Waals surface area contributed by atoms with Gasteiger partial charge in [0.2, 0.25) is 0 Å². The first-order valence-electron chi connectivity index (χ1n) is 11.8. The molecule has 0 aromatic heterocycles. The van der Waals surface area contributed by atoms with E-state index in [-0.39, 0.29) is 0 Å². The van der Waals surface area contributed by atoms with Crippen LogP contribution in [0.4, 0.5) is 11.4 Å². The van der Waals surface area contributed by atoms with E-state index in [4.69, 9.17) is 11.8 Å². The summed E-state index contributed by atoms with van der Waals surface area (Å²) < 4.78 is 1.82. The molecule has 33 heavy (non-hydrogen) atoms. The molecule has 2 aromatic carbocycles. The third-order valence-electron chi connectivity index (χ3n) is 5.72. The molecule has 0 aliphatic rings. The van der Waals surface area contributed by atoms with Crippen molar-refractivity contribution in [3.05, 3.63) is 58.7 Å². The Kier molecular flexibility index (Phi) is 13.8. The van der Waals surface area contributed by atoms with Gasteiger partial charge in [0.05, 0.1) is 6.67 Å². The van der Waals surface area contributed by atoms with Crippen LogP contribution in [0.3, 0.4) is 0 Å². The first-order chi connectivity index (χ1) is 15.6. The second-order valence-corrected chi connectivity index (χ2v) is 10.1. The topological polar surface area (TPSA) is 27.3 Å². The number of nitrogens with one attached hydrogen (secondary N) is 2. The summed E-state index contributed by atoms with van der Waals surface area (Å²) in [4.78, 5) is 0. The number of rotatable bonds is 11. The Morgan fingerprint density at radius 1 is 0.788 bits per heavy atom. The van der Waals surface area contributed by atoms with E-state index in [0.29, 0.717) is 30.3 Å². The van der Waals surface area contributed by atoms with Crippen molar-refractivity contribution in [3.8, 4) is 0 Å². The molecule has 0 bridgehead atoms. The van der Waals surface area contributed by atoms with Crippen molar-refractivity contribution in [2.75, 3.05) is 30.4 Å². The maximum atomic E-state index is 6.59. The van der Waals surface area contributed by atoms with E-state index < -0.39 is 0 Å². The predicted octanol–water partition coefficient (Wildman–Crippen LogP) is 8.60. The monoisotopic (exact) mass is 536 g/mol. The SMILES string of the molecule is CC(C)c1[c-]ccc(C(C)C)c1NCN(Cl)CCNc1c(C(C)C)cccc1C(C)C.[Cl][Co+]. The Morgan fingerprint density at radius 3 is 1.79 bits per heavy atom. The molecule has 0 saturated heterocycles. The van der Waals surface area contributed by atoms with Gasteiger partial charge in [-0.05, 0) is 46.6 Å². The molecule has 0 amide bonds. The van der Waals surface area contributed by atoms with E-state index in [1.807, 2.05) is 10.5 Å². The van der Waals surface area contributed by atoms with Gasteiger partial charge in [0.15, 0.2) is 0 Å². The number of nitrogens with zero attached hydrogens (tertiary/aromatic N) is 1. The molecule has 0 fully saturated rings. The van der Waals surface area contributed by atoms with Gasteiger partial charge in [0.25, 0.3) is 0 Å². The third kappa shape index (κ3) is 8.99. The second-order valence-electron chi connectivity index (χ2n) is 9.60. The van der Waals surface area contributed by atoms with Gasteiger partial charge in [-0.1, -0.05) is 79.3 Å². The normalized spacial score (nSPS) is 11.4. The van der Waals surface area contributed by atoms with Gasteiger partial charge in [-0.3, -0.25) is 0 Å². The summed E-state index contributed by atoms with van der Waals surface area (Å²) >= 11 is 9.62. The van der Waals surface area contributed by atoms with Crippen LogP contribution in [0.5, 0.6) is 0 Å². The van der Waals surface area contributed by atoms with Gasteiger partial charge in [0, 0.05) is 18.8 Å². The molecular formula is C27H41Cl2CoN3. The predicted molar refractivity (Wildman–Crippen MR) is 143 cm³/mol. The van der Waals surface area contributed by atoms with Crippen molar-refractivity contribution in [3.63, 3.8) is 0 Å². The second kappa shape index (κ2) is 15.2. The fraction of sp³-hybridized carbons (Fsp3) is 0.556. The quantitative estimate of drug-likeness (QED) is 0.171. The summed E-state index contributed by atoms with van der Waals surface area (Å²) in [5, 5.41) is 7.26. The van der Waals surface area contributed by atoms with E-state index in [1.54, 1.807) is 0 Å². The van der Waals surface area contributed by atoms with Gasteiger partial charge < -0.3 is 10.6 Å². The van der Waals surface area contributed by atoms with Crippen molar-refractivity contribution in [2.45, 2.75) is 79.1 Å².